The van der Waals surface area contributed by atoms with Crippen LogP contribution in [-0.2, 0) is 0 Å². The first-order chi connectivity index (χ1) is 10.8. The Balaban J connectivity index is 1.74. The lowest BCUT2D eigenvalue weighted by Crippen LogP contribution is -2.26. The third kappa shape index (κ3) is 4.77. The average molecular weight is 300 g/mol. The van der Waals surface area contributed by atoms with E-state index in [0.29, 0.717) is 31.2 Å². The van der Waals surface area contributed by atoms with Crippen molar-refractivity contribution < 1.29 is 14.3 Å². The Kier molecular flexibility index (Phi) is 6.23. The number of hydrogen-bond acceptors (Lipinski definition) is 4. The monoisotopic (exact) mass is 300 g/mol. The van der Waals surface area contributed by atoms with E-state index in [1.54, 1.807) is 18.3 Å². The van der Waals surface area contributed by atoms with E-state index in [2.05, 4.69) is 10.3 Å². The predicted molar refractivity (Wildman–Crippen MR) is 84.3 cm³/mol. The smallest absolute Gasteiger partial charge is 0.256 e. The number of hydrogen-bond donors (Lipinski definition) is 1. The average Bonchev–Trinajstić information content (AvgIpc) is 2.56. The standard InChI is InChI=1S/C17H20N2O3/c1-2-21-17-15(10-6-11-19-17)16(20)18-12-7-13-22-14-8-4-3-5-9-14/h3-6,8-11H,2,7,12-13H2,1H3,(H,18,20). The lowest BCUT2D eigenvalue weighted by molar-refractivity contribution is 0.0947. The molecule has 22 heavy (non-hydrogen) atoms. The van der Waals surface area contributed by atoms with Crippen LogP contribution in [0.5, 0.6) is 11.6 Å². The van der Waals surface area contributed by atoms with Gasteiger partial charge in [-0.3, -0.25) is 4.79 Å². The fourth-order valence-electron chi connectivity index (χ4n) is 1.89. The van der Waals surface area contributed by atoms with E-state index in [9.17, 15) is 4.79 Å². The van der Waals surface area contributed by atoms with Gasteiger partial charge in [-0.15, -0.1) is 0 Å². The molecule has 0 bridgehead atoms. The summed E-state index contributed by atoms with van der Waals surface area (Å²) in [5, 5.41) is 2.85. The van der Waals surface area contributed by atoms with E-state index >= 15 is 0 Å². The minimum Gasteiger partial charge on any atom is -0.494 e. The van der Waals surface area contributed by atoms with E-state index < -0.39 is 0 Å². The number of aromatic nitrogens is 1. The van der Waals surface area contributed by atoms with Gasteiger partial charge in [-0.25, -0.2) is 4.98 Å². The molecule has 1 amide bonds. The highest BCUT2D eigenvalue weighted by Gasteiger charge is 2.12. The second-order valence-electron chi connectivity index (χ2n) is 4.56. The molecule has 116 valence electrons. The third-order valence-corrected chi connectivity index (χ3v) is 2.92. The molecular weight excluding hydrogens is 280 g/mol. The van der Waals surface area contributed by atoms with Crippen molar-refractivity contribution in [3.8, 4) is 11.6 Å². The number of ether oxygens (including phenoxy) is 2. The summed E-state index contributed by atoms with van der Waals surface area (Å²) in [6.07, 6.45) is 2.33. The third-order valence-electron chi connectivity index (χ3n) is 2.92. The van der Waals surface area contributed by atoms with Gasteiger partial charge in [0.2, 0.25) is 5.88 Å². The van der Waals surface area contributed by atoms with Gasteiger partial charge in [-0.1, -0.05) is 18.2 Å². The molecule has 0 atom stereocenters. The summed E-state index contributed by atoms with van der Waals surface area (Å²) in [4.78, 5) is 16.2. The lowest BCUT2D eigenvalue weighted by atomic mass is 10.2. The summed E-state index contributed by atoms with van der Waals surface area (Å²) in [5.74, 6) is 1.01. The quantitative estimate of drug-likeness (QED) is 0.761. The Morgan fingerprint density at radius 1 is 1.14 bits per heavy atom. The fourth-order valence-corrected chi connectivity index (χ4v) is 1.89. The molecule has 0 saturated carbocycles. The van der Waals surface area contributed by atoms with Crippen LogP contribution in [0.15, 0.2) is 48.7 Å². The van der Waals surface area contributed by atoms with E-state index in [-0.39, 0.29) is 5.91 Å². The number of nitrogens with zero attached hydrogens (tertiary/aromatic N) is 1. The van der Waals surface area contributed by atoms with E-state index in [0.717, 1.165) is 12.2 Å². The number of carbonyl (C=O) groups excluding carboxylic acids is 1. The molecule has 2 rings (SSSR count). The summed E-state index contributed by atoms with van der Waals surface area (Å²) >= 11 is 0. The minimum atomic E-state index is -0.184. The maximum atomic E-state index is 12.1. The van der Waals surface area contributed by atoms with Crippen LogP contribution in [0.1, 0.15) is 23.7 Å². The van der Waals surface area contributed by atoms with Crippen LogP contribution in [0.3, 0.4) is 0 Å². The SMILES string of the molecule is CCOc1ncccc1C(=O)NCCCOc1ccccc1. The van der Waals surface area contributed by atoms with Gasteiger partial charge in [0.25, 0.3) is 5.91 Å². The predicted octanol–water partition coefficient (Wildman–Crippen LogP) is 2.68. The molecule has 5 heteroatoms. The highest BCUT2D eigenvalue weighted by Crippen LogP contribution is 2.14. The van der Waals surface area contributed by atoms with Crippen molar-refractivity contribution in [2.24, 2.45) is 0 Å². The molecule has 5 nitrogen and oxygen atoms in total. The van der Waals surface area contributed by atoms with Gasteiger partial charge in [-0.2, -0.15) is 0 Å². The molecule has 1 heterocycles. The van der Waals surface area contributed by atoms with Crippen LogP contribution in [0, 0.1) is 0 Å². The number of rotatable bonds is 8. The van der Waals surface area contributed by atoms with Crippen molar-refractivity contribution in [1.29, 1.82) is 0 Å². The van der Waals surface area contributed by atoms with Crippen molar-refractivity contribution in [1.82, 2.24) is 10.3 Å². The van der Waals surface area contributed by atoms with Crippen molar-refractivity contribution >= 4 is 5.91 Å². The molecular formula is C17H20N2O3. The molecule has 0 radical (unpaired) electrons. The van der Waals surface area contributed by atoms with Crippen LogP contribution < -0.4 is 14.8 Å². The van der Waals surface area contributed by atoms with Crippen molar-refractivity contribution in [2.45, 2.75) is 13.3 Å². The number of carbonyl (C=O) groups is 1. The van der Waals surface area contributed by atoms with Crippen LogP contribution >= 0.6 is 0 Å². The Labute approximate surface area is 130 Å². The van der Waals surface area contributed by atoms with Crippen LogP contribution in [-0.4, -0.2) is 30.6 Å². The number of nitrogens with one attached hydrogen (secondary N) is 1. The number of benzene rings is 1. The molecule has 1 N–H and O–H groups in total. The number of pyridine rings is 1. The summed E-state index contributed by atoms with van der Waals surface area (Å²) in [7, 11) is 0. The second-order valence-corrected chi connectivity index (χ2v) is 4.56. The number of amides is 1. The first-order valence-corrected chi connectivity index (χ1v) is 7.35. The molecule has 0 spiro atoms. The molecule has 0 aliphatic rings. The Morgan fingerprint density at radius 2 is 1.95 bits per heavy atom. The zero-order valence-electron chi connectivity index (χ0n) is 12.6. The molecule has 0 aliphatic heterocycles. The largest absolute Gasteiger partial charge is 0.494 e. The summed E-state index contributed by atoms with van der Waals surface area (Å²) in [5.41, 5.74) is 0.452. The van der Waals surface area contributed by atoms with Gasteiger partial charge in [0.05, 0.1) is 13.2 Å². The Bertz CT molecular complexity index is 587. The highest BCUT2D eigenvalue weighted by atomic mass is 16.5. The normalized spacial score (nSPS) is 10.0. The topological polar surface area (TPSA) is 60.5 Å². The molecule has 0 fully saturated rings. The molecule has 0 unspecified atom stereocenters. The summed E-state index contributed by atoms with van der Waals surface area (Å²) < 4.78 is 10.9. The fraction of sp³-hybridized carbons (Fsp3) is 0.294. The van der Waals surface area contributed by atoms with Gasteiger partial charge >= 0.3 is 0 Å². The van der Waals surface area contributed by atoms with Crippen LogP contribution in [0.2, 0.25) is 0 Å². The van der Waals surface area contributed by atoms with Gasteiger partial charge in [0.15, 0.2) is 0 Å². The molecule has 2 aromatic rings. The molecule has 1 aromatic heterocycles. The van der Waals surface area contributed by atoms with Crippen molar-refractivity contribution in [3.05, 3.63) is 54.2 Å². The first-order valence-electron chi connectivity index (χ1n) is 7.35. The van der Waals surface area contributed by atoms with Crippen molar-refractivity contribution in [3.63, 3.8) is 0 Å². The van der Waals surface area contributed by atoms with E-state index in [1.165, 1.54) is 0 Å². The minimum absolute atomic E-state index is 0.184. The highest BCUT2D eigenvalue weighted by molar-refractivity contribution is 5.96. The molecule has 1 aromatic carbocycles. The van der Waals surface area contributed by atoms with Gasteiger partial charge in [0, 0.05) is 12.7 Å². The van der Waals surface area contributed by atoms with Gasteiger partial charge in [0.1, 0.15) is 11.3 Å². The van der Waals surface area contributed by atoms with Crippen LogP contribution in [0.4, 0.5) is 0 Å². The molecule has 0 aliphatic carbocycles. The van der Waals surface area contributed by atoms with Crippen LogP contribution in [0.25, 0.3) is 0 Å². The maximum absolute atomic E-state index is 12.1. The van der Waals surface area contributed by atoms with Crippen molar-refractivity contribution in [2.75, 3.05) is 19.8 Å². The number of para-hydroxylation sites is 1. The summed E-state index contributed by atoms with van der Waals surface area (Å²) in [6.45, 7) is 3.42. The maximum Gasteiger partial charge on any atom is 0.256 e. The van der Waals surface area contributed by atoms with Gasteiger partial charge in [-0.05, 0) is 37.6 Å². The van der Waals surface area contributed by atoms with E-state index in [4.69, 9.17) is 9.47 Å². The molecule has 0 saturated heterocycles. The van der Waals surface area contributed by atoms with E-state index in [1.807, 2.05) is 37.3 Å². The first kappa shape index (κ1) is 15.8. The van der Waals surface area contributed by atoms with Gasteiger partial charge < -0.3 is 14.8 Å². The second kappa shape index (κ2) is 8.67. The lowest BCUT2D eigenvalue weighted by Gasteiger charge is -2.10. The Morgan fingerprint density at radius 3 is 2.73 bits per heavy atom. The summed E-state index contributed by atoms with van der Waals surface area (Å²) in [6, 6.07) is 13.0. The Hall–Kier alpha value is -2.56. The zero-order chi connectivity index (χ0) is 15.6. The zero-order valence-corrected chi connectivity index (χ0v) is 12.6.